The van der Waals surface area contributed by atoms with Gasteiger partial charge in [0, 0.05) is 5.56 Å². The SMILES string of the molecule is OCc1ccccc1OC1C=CCCC1. The Bertz CT molecular complexity index is 344. The molecule has 1 aromatic carbocycles. The van der Waals surface area contributed by atoms with Crippen LogP contribution >= 0.6 is 0 Å². The predicted molar refractivity (Wildman–Crippen MR) is 59.8 cm³/mol. The molecule has 2 heteroatoms. The molecule has 0 fully saturated rings. The lowest BCUT2D eigenvalue weighted by Crippen LogP contribution is -2.16. The summed E-state index contributed by atoms with van der Waals surface area (Å²) in [5, 5.41) is 9.15. The van der Waals surface area contributed by atoms with Gasteiger partial charge in [-0.05, 0) is 31.4 Å². The molecule has 2 rings (SSSR count). The van der Waals surface area contributed by atoms with E-state index in [2.05, 4.69) is 12.2 Å². The molecular formula is C13H16O2. The number of para-hydroxylation sites is 1. The van der Waals surface area contributed by atoms with Crippen LogP contribution in [0.15, 0.2) is 36.4 Å². The Labute approximate surface area is 90.2 Å². The molecule has 0 aliphatic heterocycles. The molecule has 0 bridgehead atoms. The van der Waals surface area contributed by atoms with E-state index in [0.717, 1.165) is 24.2 Å². The number of aliphatic hydroxyl groups is 1. The van der Waals surface area contributed by atoms with E-state index in [1.165, 1.54) is 6.42 Å². The smallest absolute Gasteiger partial charge is 0.125 e. The first kappa shape index (κ1) is 10.2. The monoisotopic (exact) mass is 204 g/mol. The third kappa shape index (κ3) is 2.60. The van der Waals surface area contributed by atoms with Gasteiger partial charge in [0.15, 0.2) is 0 Å². The van der Waals surface area contributed by atoms with E-state index < -0.39 is 0 Å². The normalized spacial score (nSPS) is 20.2. The standard InChI is InChI=1S/C13H16O2/c14-10-11-6-4-5-9-13(11)15-12-7-2-1-3-8-12/h2,4-7,9,12,14H,1,3,8,10H2. The van der Waals surface area contributed by atoms with E-state index in [1.807, 2.05) is 24.3 Å². The fourth-order valence-electron chi connectivity index (χ4n) is 1.79. The van der Waals surface area contributed by atoms with Gasteiger partial charge in [0.2, 0.25) is 0 Å². The summed E-state index contributed by atoms with van der Waals surface area (Å²) in [7, 11) is 0. The van der Waals surface area contributed by atoms with Crippen LogP contribution in [0.2, 0.25) is 0 Å². The number of benzene rings is 1. The predicted octanol–water partition coefficient (Wildman–Crippen LogP) is 2.67. The van der Waals surface area contributed by atoms with Crippen LogP contribution in [-0.2, 0) is 6.61 Å². The summed E-state index contributed by atoms with van der Waals surface area (Å²) >= 11 is 0. The molecular weight excluding hydrogens is 188 g/mol. The summed E-state index contributed by atoms with van der Waals surface area (Å²) in [4.78, 5) is 0. The number of allylic oxidation sites excluding steroid dienone is 1. The van der Waals surface area contributed by atoms with Crippen LogP contribution in [0.4, 0.5) is 0 Å². The van der Waals surface area contributed by atoms with Gasteiger partial charge in [0.05, 0.1) is 6.61 Å². The van der Waals surface area contributed by atoms with Crippen molar-refractivity contribution in [2.45, 2.75) is 32.0 Å². The summed E-state index contributed by atoms with van der Waals surface area (Å²) in [5.41, 5.74) is 0.858. The van der Waals surface area contributed by atoms with Crippen LogP contribution in [-0.4, -0.2) is 11.2 Å². The third-order valence-corrected chi connectivity index (χ3v) is 2.63. The van der Waals surface area contributed by atoms with E-state index in [9.17, 15) is 0 Å². The Morgan fingerprint density at radius 1 is 1.33 bits per heavy atom. The van der Waals surface area contributed by atoms with Crippen molar-refractivity contribution in [3.05, 3.63) is 42.0 Å². The highest BCUT2D eigenvalue weighted by atomic mass is 16.5. The molecule has 0 saturated carbocycles. The minimum Gasteiger partial charge on any atom is -0.486 e. The fourth-order valence-corrected chi connectivity index (χ4v) is 1.79. The van der Waals surface area contributed by atoms with E-state index in [4.69, 9.17) is 9.84 Å². The Hall–Kier alpha value is -1.28. The first-order valence-corrected chi connectivity index (χ1v) is 5.42. The van der Waals surface area contributed by atoms with Gasteiger partial charge in [-0.3, -0.25) is 0 Å². The maximum Gasteiger partial charge on any atom is 0.125 e. The Balaban J connectivity index is 2.09. The maximum atomic E-state index is 9.15. The molecule has 0 spiro atoms. The van der Waals surface area contributed by atoms with Gasteiger partial charge in [-0.15, -0.1) is 0 Å². The van der Waals surface area contributed by atoms with Gasteiger partial charge in [0.1, 0.15) is 11.9 Å². The van der Waals surface area contributed by atoms with Crippen LogP contribution in [0.1, 0.15) is 24.8 Å². The fraction of sp³-hybridized carbons (Fsp3) is 0.385. The number of hydrogen-bond acceptors (Lipinski definition) is 2. The Kier molecular flexibility index (Phi) is 3.41. The van der Waals surface area contributed by atoms with Gasteiger partial charge < -0.3 is 9.84 Å². The molecule has 0 heterocycles. The van der Waals surface area contributed by atoms with Crippen molar-refractivity contribution < 1.29 is 9.84 Å². The number of ether oxygens (including phenoxy) is 1. The average Bonchev–Trinajstić information content (AvgIpc) is 2.31. The van der Waals surface area contributed by atoms with Crippen LogP contribution in [0.25, 0.3) is 0 Å². The lowest BCUT2D eigenvalue weighted by atomic mass is 10.1. The van der Waals surface area contributed by atoms with Gasteiger partial charge in [-0.2, -0.15) is 0 Å². The summed E-state index contributed by atoms with van der Waals surface area (Å²) in [6.07, 6.45) is 7.85. The summed E-state index contributed by atoms with van der Waals surface area (Å²) in [6.45, 7) is 0.0343. The molecule has 2 nitrogen and oxygen atoms in total. The lowest BCUT2D eigenvalue weighted by molar-refractivity contribution is 0.216. The first-order chi connectivity index (χ1) is 7.40. The highest BCUT2D eigenvalue weighted by Crippen LogP contribution is 2.22. The van der Waals surface area contributed by atoms with Crippen molar-refractivity contribution >= 4 is 0 Å². The molecule has 1 unspecified atom stereocenters. The Morgan fingerprint density at radius 2 is 2.20 bits per heavy atom. The second-order valence-electron chi connectivity index (χ2n) is 3.78. The summed E-state index contributed by atoms with van der Waals surface area (Å²) in [6, 6.07) is 7.64. The minimum atomic E-state index is 0.0343. The molecule has 1 N–H and O–H groups in total. The number of hydrogen-bond donors (Lipinski definition) is 1. The largest absolute Gasteiger partial charge is 0.486 e. The number of aliphatic hydroxyl groups excluding tert-OH is 1. The minimum absolute atomic E-state index is 0.0343. The van der Waals surface area contributed by atoms with Gasteiger partial charge in [-0.1, -0.05) is 24.3 Å². The molecule has 1 aliphatic rings. The zero-order valence-corrected chi connectivity index (χ0v) is 8.73. The second-order valence-corrected chi connectivity index (χ2v) is 3.78. The zero-order valence-electron chi connectivity index (χ0n) is 8.73. The topological polar surface area (TPSA) is 29.5 Å². The van der Waals surface area contributed by atoms with E-state index in [0.29, 0.717) is 0 Å². The highest BCUT2D eigenvalue weighted by Gasteiger charge is 2.11. The lowest BCUT2D eigenvalue weighted by Gasteiger charge is -2.19. The molecule has 0 amide bonds. The van der Waals surface area contributed by atoms with Crippen molar-refractivity contribution in [1.29, 1.82) is 0 Å². The van der Waals surface area contributed by atoms with Gasteiger partial charge in [-0.25, -0.2) is 0 Å². The first-order valence-electron chi connectivity index (χ1n) is 5.42. The highest BCUT2D eigenvalue weighted by molar-refractivity contribution is 5.33. The van der Waals surface area contributed by atoms with E-state index in [-0.39, 0.29) is 12.7 Å². The second kappa shape index (κ2) is 4.99. The zero-order chi connectivity index (χ0) is 10.5. The van der Waals surface area contributed by atoms with E-state index in [1.54, 1.807) is 0 Å². The summed E-state index contributed by atoms with van der Waals surface area (Å²) < 4.78 is 5.83. The molecule has 1 atom stereocenters. The molecule has 0 radical (unpaired) electrons. The average molecular weight is 204 g/mol. The van der Waals surface area contributed by atoms with Crippen molar-refractivity contribution in [3.63, 3.8) is 0 Å². The van der Waals surface area contributed by atoms with Crippen LogP contribution in [0.3, 0.4) is 0 Å². The third-order valence-electron chi connectivity index (χ3n) is 2.63. The van der Waals surface area contributed by atoms with Crippen molar-refractivity contribution in [1.82, 2.24) is 0 Å². The Morgan fingerprint density at radius 3 is 2.93 bits per heavy atom. The number of rotatable bonds is 3. The molecule has 0 saturated heterocycles. The van der Waals surface area contributed by atoms with E-state index >= 15 is 0 Å². The molecule has 80 valence electrons. The van der Waals surface area contributed by atoms with Crippen molar-refractivity contribution in [2.24, 2.45) is 0 Å². The maximum absolute atomic E-state index is 9.15. The molecule has 1 aliphatic carbocycles. The van der Waals surface area contributed by atoms with Crippen LogP contribution in [0, 0.1) is 0 Å². The summed E-state index contributed by atoms with van der Waals surface area (Å²) in [5.74, 6) is 0.802. The van der Waals surface area contributed by atoms with Gasteiger partial charge >= 0.3 is 0 Å². The molecule has 0 aromatic heterocycles. The van der Waals surface area contributed by atoms with Crippen LogP contribution < -0.4 is 4.74 Å². The van der Waals surface area contributed by atoms with Crippen LogP contribution in [0.5, 0.6) is 5.75 Å². The van der Waals surface area contributed by atoms with Gasteiger partial charge in [0.25, 0.3) is 0 Å². The molecule has 1 aromatic rings. The van der Waals surface area contributed by atoms with Crippen molar-refractivity contribution in [2.75, 3.05) is 0 Å². The van der Waals surface area contributed by atoms with Crippen molar-refractivity contribution in [3.8, 4) is 5.75 Å². The quantitative estimate of drug-likeness (QED) is 0.767. The molecule has 15 heavy (non-hydrogen) atoms.